The molecule has 0 aliphatic carbocycles. The van der Waals surface area contributed by atoms with Crippen LogP contribution in [0.2, 0.25) is 5.02 Å². The molecule has 152 valence electrons. The molecule has 1 N–H and O–H groups in total. The topological polar surface area (TPSA) is 93.8 Å². The third-order valence-corrected chi connectivity index (χ3v) is 4.37. The Labute approximate surface area is 178 Å². The third kappa shape index (κ3) is 6.42. The first kappa shape index (κ1) is 21.0. The molecular weight excluding hydrogens is 406 g/mol. The number of halogens is 1. The van der Waals surface area contributed by atoms with Crippen molar-refractivity contribution in [3.63, 3.8) is 0 Å². The molecule has 3 aromatic rings. The summed E-state index contributed by atoms with van der Waals surface area (Å²) in [5, 5.41) is 15.3. The minimum absolute atomic E-state index is 0.0160. The summed E-state index contributed by atoms with van der Waals surface area (Å²) in [7, 11) is 0. The van der Waals surface area contributed by atoms with Crippen molar-refractivity contribution in [3.05, 3.63) is 105 Å². The highest BCUT2D eigenvalue weighted by Gasteiger charge is 2.06. The summed E-state index contributed by atoms with van der Waals surface area (Å²) in [6, 6.07) is 20.5. The van der Waals surface area contributed by atoms with Gasteiger partial charge in [-0.15, -0.1) is 0 Å². The molecule has 8 heteroatoms. The molecule has 30 heavy (non-hydrogen) atoms. The predicted octanol–water partition coefficient (Wildman–Crippen LogP) is 4.52. The number of rotatable bonds is 8. The van der Waals surface area contributed by atoms with E-state index >= 15 is 0 Å². The first-order valence-corrected chi connectivity index (χ1v) is 9.40. The molecule has 7 nitrogen and oxygen atoms in total. The normalized spacial score (nSPS) is 10.7. The summed E-state index contributed by atoms with van der Waals surface area (Å²) in [5.41, 5.74) is 4.89. The van der Waals surface area contributed by atoms with E-state index in [9.17, 15) is 14.9 Å². The number of hydrazone groups is 1. The van der Waals surface area contributed by atoms with Crippen LogP contribution in [0.5, 0.6) is 5.75 Å². The number of carbonyl (C=O) groups is 1. The lowest BCUT2D eigenvalue weighted by Crippen LogP contribution is -2.19. The maximum Gasteiger partial charge on any atom is 0.269 e. The quantitative estimate of drug-likeness (QED) is 0.327. The Hall–Kier alpha value is -3.71. The van der Waals surface area contributed by atoms with Gasteiger partial charge in [0.15, 0.2) is 0 Å². The summed E-state index contributed by atoms with van der Waals surface area (Å²) in [5.74, 6) is 0.396. The van der Waals surface area contributed by atoms with Gasteiger partial charge in [0.25, 0.3) is 5.69 Å². The predicted molar refractivity (Wildman–Crippen MR) is 115 cm³/mol. The average Bonchev–Trinajstić information content (AvgIpc) is 2.74. The van der Waals surface area contributed by atoms with Crippen molar-refractivity contribution in [2.75, 3.05) is 0 Å². The number of hydrogen-bond acceptors (Lipinski definition) is 5. The van der Waals surface area contributed by atoms with Crippen LogP contribution in [0.3, 0.4) is 0 Å². The lowest BCUT2D eigenvalue weighted by Gasteiger charge is -2.06. The Balaban J connectivity index is 1.45. The van der Waals surface area contributed by atoms with Gasteiger partial charge in [0.1, 0.15) is 12.4 Å². The number of ether oxygens (including phenoxy) is 1. The fourth-order valence-electron chi connectivity index (χ4n) is 2.54. The number of non-ortho nitro benzene ring substituents is 1. The fraction of sp³-hybridized carbons (Fsp3) is 0.0909. The molecule has 3 aromatic carbocycles. The fourth-order valence-corrected chi connectivity index (χ4v) is 2.66. The van der Waals surface area contributed by atoms with Crippen molar-refractivity contribution in [2.24, 2.45) is 5.10 Å². The second-order valence-corrected chi connectivity index (χ2v) is 6.81. The van der Waals surface area contributed by atoms with Crippen LogP contribution in [0.15, 0.2) is 77.9 Å². The van der Waals surface area contributed by atoms with Crippen LogP contribution in [0.4, 0.5) is 5.69 Å². The average molecular weight is 424 g/mol. The minimum Gasteiger partial charge on any atom is -0.489 e. The maximum absolute atomic E-state index is 11.9. The van der Waals surface area contributed by atoms with Gasteiger partial charge >= 0.3 is 0 Å². The van der Waals surface area contributed by atoms with E-state index in [1.165, 1.54) is 18.3 Å². The van der Waals surface area contributed by atoms with E-state index in [1.54, 1.807) is 12.1 Å². The molecular formula is C22H18ClN3O4. The van der Waals surface area contributed by atoms with Crippen molar-refractivity contribution in [1.29, 1.82) is 0 Å². The van der Waals surface area contributed by atoms with Gasteiger partial charge in [0.2, 0.25) is 5.91 Å². The molecule has 0 heterocycles. The maximum atomic E-state index is 11.9. The molecule has 0 aromatic heterocycles. The van der Waals surface area contributed by atoms with Gasteiger partial charge in [0.05, 0.1) is 17.6 Å². The van der Waals surface area contributed by atoms with E-state index in [4.69, 9.17) is 16.3 Å². The van der Waals surface area contributed by atoms with E-state index in [2.05, 4.69) is 10.5 Å². The molecule has 3 rings (SSSR count). The number of nitro benzene ring substituents is 1. The SMILES string of the molecule is O=C(Cc1ccc([N+](=O)[O-])cc1)N/N=C/c1ccc(OCc2ccc(Cl)cc2)cc1. The lowest BCUT2D eigenvalue weighted by molar-refractivity contribution is -0.384. The van der Waals surface area contributed by atoms with Gasteiger partial charge in [-0.25, -0.2) is 5.43 Å². The number of hydrogen-bond donors (Lipinski definition) is 1. The first-order valence-electron chi connectivity index (χ1n) is 9.02. The van der Waals surface area contributed by atoms with Gasteiger partial charge in [-0.3, -0.25) is 14.9 Å². The van der Waals surface area contributed by atoms with Crippen LogP contribution in [-0.2, 0) is 17.8 Å². The van der Waals surface area contributed by atoms with Gasteiger partial charge in [-0.2, -0.15) is 5.10 Å². The first-order chi connectivity index (χ1) is 14.5. The molecule has 0 fully saturated rings. The molecule has 0 atom stereocenters. The number of benzene rings is 3. The Morgan fingerprint density at radius 3 is 2.27 bits per heavy atom. The van der Waals surface area contributed by atoms with Crippen molar-refractivity contribution >= 4 is 29.4 Å². The Bertz CT molecular complexity index is 1030. The summed E-state index contributed by atoms with van der Waals surface area (Å²) in [4.78, 5) is 22.1. The van der Waals surface area contributed by atoms with E-state index in [0.717, 1.165) is 11.1 Å². The van der Waals surface area contributed by atoms with Gasteiger partial charge < -0.3 is 4.74 Å². The van der Waals surface area contributed by atoms with Crippen LogP contribution in [0, 0.1) is 10.1 Å². The van der Waals surface area contributed by atoms with Gasteiger partial charge in [0, 0.05) is 17.2 Å². The molecule has 0 aliphatic rings. The van der Waals surface area contributed by atoms with E-state index in [0.29, 0.717) is 22.9 Å². The Kier molecular flexibility index (Phi) is 7.13. The van der Waals surface area contributed by atoms with Crippen LogP contribution < -0.4 is 10.2 Å². The molecule has 0 radical (unpaired) electrons. The summed E-state index contributed by atoms with van der Waals surface area (Å²) >= 11 is 5.86. The van der Waals surface area contributed by atoms with Crippen LogP contribution in [0.1, 0.15) is 16.7 Å². The molecule has 1 amide bonds. The standard InChI is InChI=1S/C22H18ClN3O4/c23-19-7-1-18(2-8-19)15-30-21-11-5-17(6-12-21)14-24-25-22(27)13-16-3-9-20(10-4-16)26(28)29/h1-12,14H,13,15H2,(H,25,27)/b24-14+. The molecule has 0 saturated heterocycles. The Morgan fingerprint density at radius 1 is 1.00 bits per heavy atom. The number of carbonyl (C=O) groups excluding carboxylic acids is 1. The number of nitrogens with one attached hydrogen (secondary N) is 1. The van der Waals surface area contributed by atoms with Crippen LogP contribution in [0.25, 0.3) is 0 Å². The third-order valence-electron chi connectivity index (χ3n) is 4.11. The molecule has 0 bridgehead atoms. The van der Waals surface area contributed by atoms with E-state index in [1.807, 2.05) is 48.5 Å². The smallest absolute Gasteiger partial charge is 0.269 e. The summed E-state index contributed by atoms with van der Waals surface area (Å²) < 4.78 is 5.72. The molecule has 0 spiro atoms. The molecule has 0 unspecified atom stereocenters. The highest BCUT2D eigenvalue weighted by molar-refractivity contribution is 6.30. The molecule has 0 aliphatic heterocycles. The highest BCUT2D eigenvalue weighted by Crippen LogP contribution is 2.15. The summed E-state index contributed by atoms with van der Waals surface area (Å²) in [6.07, 6.45) is 1.60. The van der Waals surface area contributed by atoms with E-state index < -0.39 is 4.92 Å². The minimum atomic E-state index is -0.484. The zero-order valence-electron chi connectivity index (χ0n) is 15.8. The molecule has 0 saturated carbocycles. The van der Waals surface area contributed by atoms with Crippen molar-refractivity contribution < 1.29 is 14.5 Å². The Morgan fingerprint density at radius 2 is 1.63 bits per heavy atom. The number of nitrogens with zero attached hydrogens (tertiary/aromatic N) is 2. The van der Waals surface area contributed by atoms with E-state index in [-0.39, 0.29) is 18.0 Å². The largest absolute Gasteiger partial charge is 0.489 e. The van der Waals surface area contributed by atoms with Gasteiger partial charge in [-0.05, 0) is 53.1 Å². The zero-order valence-corrected chi connectivity index (χ0v) is 16.6. The second kappa shape index (κ2) is 10.2. The van der Waals surface area contributed by atoms with Crippen LogP contribution >= 0.6 is 11.6 Å². The monoisotopic (exact) mass is 423 g/mol. The van der Waals surface area contributed by atoms with Gasteiger partial charge in [-0.1, -0.05) is 35.9 Å². The summed E-state index contributed by atoms with van der Waals surface area (Å²) in [6.45, 7) is 0.434. The lowest BCUT2D eigenvalue weighted by atomic mass is 10.1. The second-order valence-electron chi connectivity index (χ2n) is 6.38. The highest BCUT2D eigenvalue weighted by atomic mass is 35.5. The van der Waals surface area contributed by atoms with Crippen molar-refractivity contribution in [1.82, 2.24) is 5.43 Å². The van der Waals surface area contributed by atoms with Crippen molar-refractivity contribution in [3.8, 4) is 5.75 Å². The number of nitro groups is 1. The zero-order chi connectivity index (χ0) is 21.3. The van der Waals surface area contributed by atoms with Crippen LogP contribution in [-0.4, -0.2) is 17.0 Å². The van der Waals surface area contributed by atoms with Crippen molar-refractivity contribution in [2.45, 2.75) is 13.0 Å². The number of amides is 1.